The van der Waals surface area contributed by atoms with Crippen LogP contribution in [0.4, 0.5) is 11.5 Å². The topological polar surface area (TPSA) is 48.7 Å². The van der Waals surface area contributed by atoms with Crippen molar-refractivity contribution in [3.05, 3.63) is 51.6 Å². The molecule has 0 unspecified atom stereocenters. The second-order valence-corrected chi connectivity index (χ2v) is 4.94. The molecule has 18 heavy (non-hydrogen) atoms. The second kappa shape index (κ2) is 5.19. The molecule has 1 aromatic heterocycles. The summed E-state index contributed by atoms with van der Waals surface area (Å²) in [7, 11) is 0. The Bertz CT molecular complexity index is 629. The van der Waals surface area contributed by atoms with Crippen molar-refractivity contribution in [2.45, 2.75) is 13.8 Å². The molecule has 0 radical (unpaired) electrons. The predicted octanol–water partition coefficient (Wildman–Crippen LogP) is 4.08. The van der Waals surface area contributed by atoms with Crippen molar-refractivity contribution in [3.63, 3.8) is 0 Å². The Kier molecular flexibility index (Phi) is 3.63. The third-order valence-electron chi connectivity index (χ3n) is 2.74. The van der Waals surface area contributed by atoms with Gasteiger partial charge >= 0.3 is 0 Å². The zero-order valence-corrected chi connectivity index (χ0v) is 11.7. The van der Waals surface area contributed by atoms with E-state index in [9.17, 15) is 0 Å². The average Bonchev–Trinajstić information content (AvgIpc) is 2.36. The van der Waals surface area contributed by atoms with E-state index in [1.165, 1.54) is 11.1 Å². The van der Waals surface area contributed by atoms with Gasteiger partial charge in [-0.05, 0) is 59.1 Å². The standard InChI is InChI=1S/C14H12BrN3/c1-9-3-4-12(5-10(9)2)18-14-13(15)6-11(7-16)8-17-14/h3-6,8H,1-2H3,(H,17,18). The molecule has 0 spiro atoms. The van der Waals surface area contributed by atoms with E-state index in [0.717, 1.165) is 10.2 Å². The number of aromatic nitrogens is 1. The fraction of sp³-hybridized carbons (Fsp3) is 0.143. The van der Waals surface area contributed by atoms with Crippen molar-refractivity contribution in [1.82, 2.24) is 4.98 Å². The van der Waals surface area contributed by atoms with Crippen molar-refractivity contribution in [2.75, 3.05) is 5.32 Å². The maximum Gasteiger partial charge on any atom is 0.144 e. The van der Waals surface area contributed by atoms with Crippen LogP contribution in [0.5, 0.6) is 0 Å². The fourth-order valence-corrected chi connectivity index (χ4v) is 2.00. The molecular formula is C14H12BrN3. The lowest BCUT2D eigenvalue weighted by Crippen LogP contribution is -1.96. The maximum atomic E-state index is 8.78. The first-order chi connectivity index (χ1) is 8.60. The smallest absolute Gasteiger partial charge is 0.144 e. The molecule has 0 aliphatic heterocycles. The number of hydrogen-bond donors (Lipinski definition) is 1. The first-order valence-corrected chi connectivity index (χ1v) is 6.29. The molecule has 0 saturated carbocycles. The summed E-state index contributed by atoms with van der Waals surface area (Å²) in [6, 6.07) is 9.95. The monoisotopic (exact) mass is 301 g/mol. The molecule has 0 amide bonds. The van der Waals surface area contributed by atoms with Crippen LogP contribution in [0.1, 0.15) is 16.7 Å². The molecule has 0 bridgehead atoms. The Morgan fingerprint density at radius 2 is 2.00 bits per heavy atom. The number of halogens is 1. The number of aryl methyl sites for hydroxylation is 2. The van der Waals surface area contributed by atoms with Crippen molar-refractivity contribution in [2.24, 2.45) is 0 Å². The molecule has 4 heteroatoms. The predicted molar refractivity (Wildman–Crippen MR) is 75.9 cm³/mol. The number of nitrogens with zero attached hydrogens (tertiary/aromatic N) is 2. The van der Waals surface area contributed by atoms with E-state index in [4.69, 9.17) is 5.26 Å². The van der Waals surface area contributed by atoms with E-state index in [1.54, 1.807) is 12.3 Å². The summed E-state index contributed by atoms with van der Waals surface area (Å²) in [4.78, 5) is 4.22. The SMILES string of the molecule is Cc1ccc(Nc2ncc(C#N)cc2Br)cc1C. The van der Waals surface area contributed by atoms with Gasteiger partial charge in [0, 0.05) is 11.9 Å². The summed E-state index contributed by atoms with van der Waals surface area (Å²) >= 11 is 3.40. The van der Waals surface area contributed by atoms with Gasteiger partial charge in [0.05, 0.1) is 10.0 Å². The van der Waals surface area contributed by atoms with E-state index in [-0.39, 0.29) is 0 Å². The molecule has 2 aromatic rings. The Morgan fingerprint density at radius 1 is 1.22 bits per heavy atom. The van der Waals surface area contributed by atoms with Crippen LogP contribution >= 0.6 is 15.9 Å². The summed E-state index contributed by atoms with van der Waals surface area (Å²) in [5, 5.41) is 12.0. The lowest BCUT2D eigenvalue weighted by atomic mass is 10.1. The zero-order chi connectivity index (χ0) is 13.1. The lowest BCUT2D eigenvalue weighted by molar-refractivity contribution is 1.26. The number of nitrogens with one attached hydrogen (secondary N) is 1. The van der Waals surface area contributed by atoms with E-state index in [0.29, 0.717) is 11.4 Å². The van der Waals surface area contributed by atoms with Gasteiger partial charge in [-0.25, -0.2) is 4.98 Å². The fourth-order valence-electron chi connectivity index (χ4n) is 1.55. The van der Waals surface area contributed by atoms with Crippen LogP contribution in [0.2, 0.25) is 0 Å². The van der Waals surface area contributed by atoms with Gasteiger partial charge in [-0.3, -0.25) is 0 Å². The highest BCUT2D eigenvalue weighted by molar-refractivity contribution is 9.10. The Morgan fingerprint density at radius 3 is 2.61 bits per heavy atom. The number of pyridine rings is 1. The van der Waals surface area contributed by atoms with E-state index in [1.807, 2.05) is 6.07 Å². The number of anilines is 2. The van der Waals surface area contributed by atoms with E-state index in [2.05, 4.69) is 58.3 Å². The van der Waals surface area contributed by atoms with Gasteiger partial charge in [0.25, 0.3) is 0 Å². The molecule has 1 heterocycles. The first-order valence-electron chi connectivity index (χ1n) is 5.50. The van der Waals surface area contributed by atoms with Crippen molar-refractivity contribution >= 4 is 27.4 Å². The quantitative estimate of drug-likeness (QED) is 0.909. The summed E-state index contributed by atoms with van der Waals surface area (Å²) < 4.78 is 0.778. The molecule has 90 valence electrons. The highest BCUT2D eigenvalue weighted by Crippen LogP contribution is 2.25. The zero-order valence-electron chi connectivity index (χ0n) is 10.2. The first kappa shape index (κ1) is 12.6. The van der Waals surface area contributed by atoms with Crippen LogP contribution in [0.25, 0.3) is 0 Å². The van der Waals surface area contributed by atoms with Gasteiger partial charge in [-0.2, -0.15) is 5.26 Å². The molecule has 2 rings (SSSR count). The summed E-state index contributed by atoms with van der Waals surface area (Å²) in [5.41, 5.74) is 4.00. The molecular weight excluding hydrogens is 290 g/mol. The highest BCUT2D eigenvalue weighted by atomic mass is 79.9. The molecule has 0 atom stereocenters. The Hall–Kier alpha value is -1.86. The van der Waals surface area contributed by atoms with E-state index >= 15 is 0 Å². The average molecular weight is 302 g/mol. The third kappa shape index (κ3) is 2.69. The lowest BCUT2D eigenvalue weighted by Gasteiger charge is -2.09. The number of hydrogen-bond acceptors (Lipinski definition) is 3. The summed E-state index contributed by atoms with van der Waals surface area (Å²) in [5.74, 6) is 0.706. The van der Waals surface area contributed by atoms with E-state index < -0.39 is 0 Å². The van der Waals surface area contributed by atoms with Crippen LogP contribution in [-0.4, -0.2) is 4.98 Å². The van der Waals surface area contributed by atoms with Gasteiger partial charge in [-0.15, -0.1) is 0 Å². The van der Waals surface area contributed by atoms with Crippen LogP contribution in [-0.2, 0) is 0 Å². The summed E-state index contributed by atoms with van der Waals surface area (Å²) in [6.45, 7) is 4.15. The minimum absolute atomic E-state index is 0.535. The minimum atomic E-state index is 0.535. The Balaban J connectivity index is 2.29. The molecule has 0 aliphatic rings. The van der Waals surface area contributed by atoms with Crippen LogP contribution in [0, 0.1) is 25.2 Å². The highest BCUT2D eigenvalue weighted by Gasteiger charge is 2.04. The van der Waals surface area contributed by atoms with Crippen LogP contribution in [0.15, 0.2) is 34.9 Å². The van der Waals surface area contributed by atoms with Crippen LogP contribution in [0.3, 0.4) is 0 Å². The van der Waals surface area contributed by atoms with Gasteiger partial charge in [0.1, 0.15) is 11.9 Å². The number of rotatable bonds is 2. The van der Waals surface area contributed by atoms with Gasteiger partial charge < -0.3 is 5.32 Å². The molecule has 0 aliphatic carbocycles. The summed E-state index contributed by atoms with van der Waals surface area (Å²) in [6.07, 6.45) is 1.55. The van der Waals surface area contributed by atoms with Crippen molar-refractivity contribution in [3.8, 4) is 6.07 Å². The maximum absolute atomic E-state index is 8.78. The number of benzene rings is 1. The van der Waals surface area contributed by atoms with Gasteiger partial charge in [0.15, 0.2) is 0 Å². The normalized spacial score (nSPS) is 9.89. The second-order valence-electron chi connectivity index (χ2n) is 4.09. The van der Waals surface area contributed by atoms with Crippen molar-refractivity contribution < 1.29 is 0 Å². The van der Waals surface area contributed by atoms with Crippen LogP contribution < -0.4 is 5.32 Å². The third-order valence-corrected chi connectivity index (χ3v) is 3.34. The molecule has 0 saturated heterocycles. The largest absolute Gasteiger partial charge is 0.339 e. The number of nitriles is 1. The molecule has 1 N–H and O–H groups in total. The molecule has 3 nitrogen and oxygen atoms in total. The van der Waals surface area contributed by atoms with Crippen molar-refractivity contribution in [1.29, 1.82) is 5.26 Å². The van der Waals surface area contributed by atoms with Gasteiger partial charge in [-0.1, -0.05) is 6.07 Å². The van der Waals surface area contributed by atoms with Gasteiger partial charge in [0.2, 0.25) is 0 Å². The molecule has 1 aromatic carbocycles. The minimum Gasteiger partial charge on any atom is -0.339 e. The Labute approximate surface area is 115 Å². The molecule has 0 fully saturated rings.